The summed E-state index contributed by atoms with van der Waals surface area (Å²) in [5.41, 5.74) is 4.95. The molecule has 1 N–H and O–H groups in total. The molecule has 138 valence electrons. The Hall–Kier alpha value is -2.18. The normalized spacial score (nSPS) is 13.7. The largest absolute Gasteiger partial charge is 0.324 e. The molecule has 0 aliphatic heterocycles. The molecule has 0 bridgehead atoms. The number of hydrogen-bond donors (Lipinski definition) is 1. The van der Waals surface area contributed by atoms with Crippen LogP contribution in [0.15, 0.2) is 41.3 Å². The van der Waals surface area contributed by atoms with Crippen molar-refractivity contribution in [1.29, 1.82) is 0 Å². The van der Waals surface area contributed by atoms with Crippen molar-refractivity contribution in [3.05, 3.63) is 58.7 Å². The number of carbonyl (C=O) groups excluding carboxylic acids is 1. The topological polar surface area (TPSA) is 66.5 Å². The van der Waals surface area contributed by atoms with E-state index in [1.165, 1.54) is 12.6 Å². The molecule has 0 saturated carbocycles. The molecule has 0 saturated heterocycles. The molecular formula is C20H24N2O3S. The first-order chi connectivity index (χ1) is 12.3. The van der Waals surface area contributed by atoms with Gasteiger partial charge in [-0.25, -0.2) is 8.42 Å². The fourth-order valence-electron chi connectivity index (χ4n) is 3.37. The number of rotatable bonds is 5. The van der Waals surface area contributed by atoms with E-state index in [1.54, 1.807) is 12.1 Å². The molecule has 5 nitrogen and oxygen atoms in total. The number of amides is 1. The van der Waals surface area contributed by atoms with E-state index in [1.807, 2.05) is 38.1 Å². The number of hydrogen-bond acceptors (Lipinski definition) is 3. The van der Waals surface area contributed by atoms with Gasteiger partial charge in [0, 0.05) is 12.7 Å². The van der Waals surface area contributed by atoms with Crippen LogP contribution in [0, 0.1) is 13.8 Å². The maximum Gasteiger partial charge on any atom is 0.243 e. The van der Waals surface area contributed by atoms with Crippen molar-refractivity contribution in [1.82, 2.24) is 4.31 Å². The van der Waals surface area contributed by atoms with Gasteiger partial charge in [-0.3, -0.25) is 4.79 Å². The Bertz CT molecular complexity index is 931. The van der Waals surface area contributed by atoms with E-state index in [-0.39, 0.29) is 17.3 Å². The average Bonchev–Trinajstić information content (AvgIpc) is 3.06. The molecule has 0 fully saturated rings. The van der Waals surface area contributed by atoms with Gasteiger partial charge in [-0.15, -0.1) is 0 Å². The zero-order valence-electron chi connectivity index (χ0n) is 15.4. The number of nitrogens with zero attached hydrogens (tertiary/aromatic N) is 1. The van der Waals surface area contributed by atoms with E-state index in [2.05, 4.69) is 5.32 Å². The number of carbonyl (C=O) groups is 1. The van der Waals surface area contributed by atoms with Gasteiger partial charge in [0.15, 0.2) is 0 Å². The molecule has 0 radical (unpaired) electrons. The van der Waals surface area contributed by atoms with Gasteiger partial charge in [-0.2, -0.15) is 4.31 Å². The van der Waals surface area contributed by atoms with Crippen molar-refractivity contribution < 1.29 is 13.2 Å². The van der Waals surface area contributed by atoms with E-state index in [0.29, 0.717) is 0 Å². The van der Waals surface area contributed by atoms with Gasteiger partial charge in [0.2, 0.25) is 15.9 Å². The van der Waals surface area contributed by atoms with Crippen LogP contribution in [-0.2, 0) is 27.7 Å². The Balaban J connectivity index is 1.74. The quantitative estimate of drug-likeness (QED) is 0.877. The lowest BCUT2D eigenvalue weighted by atomic mass is 10.1. The van der Waals surface area contributed by atoms with Crippen molar-refractivity contribution >= 4 is 21.6 Å². The monoisotopic (exact) mass is 372 g/mol. The second-order valence-corrected chi connectivity index (χ2v) is 8.91. The van der Waals surface area contributed by atoms with Crippen LogP contribution in [0.3, 0.4) is 0 Å². The fourth-order valence-corrected chi connectivity index (χ4v) is 4.54. The molecule has 0 spiro atoms. The number of aryl methyl sites for hydroxylation is 4. The molecule has 26 heavy (non-hydrogen) atoms. The van der Waals surface area contributed by atoms with E-state index in [4.69, 9.17) is 0 Å². The Labute approximate surface area is 155 Å². The molecule has 2 aromatic carbocycles. The fraction of sp³-hybridized carbons (Fsp3) is 0.350. The van der Waals surface area contributed by atoms with Crippen LogP contribution >= 0.6 is 0 Å². The molecule has 1 amide bonds. The summed E-state index contributed by atoms with van der Waals surface area (Å²) in [4.78, 5) is 12.6. The molecule has 3 rings (SSSR count). The van der Waals surface area contributed by atoms with Crippen molar-refractivity contribution in [2.24, 2.45) is 0 Å². The van der Waals surface area contributed by atoms with Crippen LogP contribution < -0.4 is 5.32 Å². The molecule has 1 aliphatic carbocycles. The molecule has 0 aromatic heterocycles. The summed E-state index contributed by atoms with van der Waals surface area (Å²) in [6.07, 6.45) is 2.98. The summed E-state index contributed by atoms with van der Waals surface area (Å²) < 4.78 is 26.7. The van der Waals surface area contributed by atoms with Crippen molar-refractivity contribution in [3.63, 3.8) is 0 Å². The lowest BCUT2D eigenvalue weighted by Gasteiger charge is -2.18. The van der Waals surface area contributed by atoms with E-state index < -0.39 is 10.0 Å². The number of sulfonamides is 1. The highest BCUT2D eigenvalue weighted by Crippen LogP contribution is 2.26. The smallest absolute Gasteiger partial charge is 0.243 e. The Morgan fingerprint density at radius 3 is 2.42 bits per heavy atom. The standard InChI is InChI=1S/C20H24N2O3S/c1-14-6-4-7-15(2)20(14)21-19(23)13-22(3)26(24,25)18-11-10-16-8-5-9-17(16)12-18/h4,6-7,10-12H,5,8-9,13H2,1-3H3,(H,21,23). The van der Waals surface area contributed by atoms with Gasteiger partial charge in [0.1, 0.15) is 0 Å². The van der Waals surface area contributed by atoms with Gasteiger partial charge in [-0.05, 0) is 67.5 Å². The maximum atomic E-state index is 12.8. The first-order valence-electron chi connectivity index (χ1n) is 8.73. The minimum atomic E-state index is -3.70. The SMILES string of the molecule is Cc1cccc(C)c1NC(=O)CN(C)S(=O)(=O)c1ccc2c(c1)CCC2. The van der Waals surface area contributed by atoms with Gasteiger partial charge in [0.25, 0.3) is 0 Å². The van der Waals surface area contributed by atoms with E-state index in [0.717, 1.165) is 45.9 Å². The van der Waals surface area contributed by atoms with Gasteiger partial charge in [0.05, 0.1) is 11.4 Å². The van der Waals surface area contributed by atoms with Crippen molar-refractivity contribution in [2.75, 3.05) is 18.9 Å². The minimum absolute atomic E-state index is 0.229. The van der Waals surface area contributed by atoms with E-state index in [9.17, 15) is 13.2 Å². The van der Waals surface area contributed by atoms with Crippen LogP contribution in [0.25, 0.3) is 0 Å². The van der Waals surface area contributed by atoms with Gasteiger partial charge in [-0.1, -0.05) is 24.3 Å². The number of anilines is 1. The summed E-state index contributed by atoms with van der Waals surface area (Å²) in [5, 5.41) is 2.83. The average molecular weight is 372 g/mol. The van der Waals surface area contributed by atoms with Gasteiger partial charge < -0.3 is 5.32 Å². The summed E-state index contributed by atoms with van der Waals surface area (Å²) in [6.45, 7) is 3.59. The summed E-state index contributed by atoms with van der Waals surface area (Å²) in [5.74, 6) is -0.352. The highest BCUT2D eigenvalue weighted by Gasteiger charge is 2.25. The van der Waals surface area contributed by atoms with Gasteiger partial charge >= 0.3 is 0 Å². The van der Waals surface area contributed by atoms with Crippen LogP contribution in [0.5, 0.6) is 0 Å². The third-order valence-electron chi connectivity index (χ3n) is 4.89. The van der Waals surface area contributed by atoms with E-state index >= 15 is 0 Å². The van der Waals surface area contributed by atoms with Crippen LogP contribution in [0.1, 0.15) is 28.7 Å². The second-order valence-electron chi connectivity index (χ2n) is 6.86. The zero-order valence-corrected chi connectivity index (χ0v) is 16.2. The number of para-hydroxylation sites is 1. The predicted molar refractivity (Wildman–Crippen MR) is 103 cm³/mol. The van der Waals surface area contributed by atoms with Crippen LogP contribution in [0.2, 0.25) is 0 Å². The number of likely N-dealkylation sites (N-methyl/N-ethyl adjacent to an activating group) is 1. The maximum absolute atomic E-state index is 12.8. The third-order valence-corrected chi connectivity index (χ3v) is 6.69. The van der Waals surface area contributed by atoms with Crippen LogP contribution in [-0.4, -0.2) is 32.2 Å². The molecule has 0 atom stereocenters. The van der Waals surface area contributed by atoms with Crippen molar-refractivity contribution in [2.45, 2.75) is 38.0 Å². The molecule has 6 heteroatoms. The predicted octanol–water partition coefficient (Wildman–Crippen LogP) is 3.05. The zero-order chi connectivity index (χ0) is 18.9. The second kappa shape index (κ2) is 7.21. The Morgan fingerprint density at radius 1 is 1.08 bits per heavy atom. The first kappa shape index (κ1) is 18.6. The summed E-state index contributed by atoms with van der Waals surface area (Å²) in [6, 6.07) is 11.0. The summed E-state index contributed by atoms with van der Waals surface area (Å²) >= 11 is 0. The Kier molecular flexibility index (Phi) is 5.16. The molecule has 0 heterocycles. The summed E-state index contributed by atoms with van der Waals surface area (Å²) in [7, 11) is -2.26. The van der Waals surface area contributed by atoms with Crippen molar-refractivity contribution in [3.8, 4) is 0 Å². The number of nitrogens with one attached hydrogen (secondary N) is 1. The number of benzene rings is 2. The minimum Gasteiger partial charge on any atom is -0.324 e. The first-order valence-corrected chi connectivity index (χ1v) is 10.2. The molecule has 2 aromatic rings. The molecule has 1 aliphatic rings. The van der Waals surface area contributed by atoms with Crippen LogP contribution in [0.4, 0.5) is 5.69 Å². The lowest BCUT2D eigenvalue weighted by molar-refractivity contribution is -0.116. The molecule has 0 unspecified atom stereocenters. The Morgan fingerprint density at radius 2 is 1.73 bits per heavy atom. The lowest BCUT2D eigenvalue weighted by Crippen LogP contribution is -2.35. The highest BCUT2D eigenvalue weighted by atomic mass is 32.2. The third kappa shape index (κ3) is 3.66. The number of fused-ring (bicyclic) bond motifs is 1. The highest BCUT2D eigenvalue weighted by molar-refractivity contribution is 7.89. The molecular weight excluding hydrogens is 348 g/mol.